The van der Waals surface area contributed by atoms with Crippen LogP contribution < -0.4 is 0 Å². The van der Waals surface area contributed by atoms with Gasteiger partial charge in [0.15, 0.2) is 16.1 Å². The fourth-order valence-electron chi connectivity index (χ4n) is 2.31. The third kappa shape index (κ3) is 3.25. The molecule has 3 aromatic rings. The van der Waals surface area contributed by atoms with E-state index in [0.29, 0.717) is 28.1 Å². The lowest BCUT2D eigenvalue weighted by molar-refractivity contribution is 0.112. The SMILES string of the molecule is CS(=O)(=O)c1ccc(-c2nn(-c3cccc(Cl)c3)cc2C=O)cc1. The van der Waals surface area contributed by atoms with Gasteiger partial charge in [-0.25, -0.2) is 13.1 Å². The minimum Gasteiger partial charge on any atom is -0.298 e. The van der Waals surface area contributed by atoms with E-state index in [1.165, 1.54) is 12.1 Å². The van der Waals surface area contributed by atoms with Crippen molar-refractivity contribution in [1.29, 1.82) is 0 Å². The quantitative estimate of drug-likeness (QED) is 0.668. The Labute approximate surface area is 144 Å². The molecule has 24 heavy (non-hydrogen) atoms. The molecule has 1 aromatic heterocycles. The van der Waals surface area contributed by atoms with Gasteiger partial charge in [0, 0.05) is 23.0 Å². The molecule has 0 radical (unpaired) electrons. The Kier molecular flexibility index (Phi) is 4.26. The minimum atomic E-state index is -3.27. The molecule has 0 atom stereocenters. The van der Waals surface area contributed by atoms with E-state index in [-0.39, 0.29) is 4.90 Å². The van der Waals surface area contributed by atoms with Gasteiger partial charge in [-0.1, -0.05) is 29.8 Å². The van der Waals surface area contributed by atoms with E-state index in [0.717, 1.165) is 11.9 Å². The van der Waals surface area contributed by atoms with Crippen molar-refractivity contribution in [1.82, 2.24) is 9.78 Å². The van der Waals surface area contributed by atoms with Crippen molar-refractivity contribution >= 4 is 27.7 Å². The predicted molar refractivity (Wildman–Crippen MR) is 92.5 cm³/mol. The Hall–Kier alpha value is -2.44. The molecule has 0 N–H and O–H groups in total. The molecule has 0 saturated carbocycles. The number of carbonyl (C=O) groups excluding carboxylic acids is 1. The zero-order valence-electron chi connectivity index (χ0n) is 12.7. The molecule has 5 nitrogen and oxygen atoms in total. The standard InChI is InChI=1S/C17H13ClN2O3S/c1-24(22,23)16-7-5-12(6-8-16)17-13(11-21)10-20(19-17)15-4-2-3-14(18)9-15/h2-11H,1H3. The molecule has 7 heteroatoms. The van der Waals surface area contributed by atoms with E-state index in [4.69, 9.17) is 11.6 Å². The molecule has 0 spiro atoms. The van der Waals surface area contributed by atoms with Crippen LogP contribution in [0.5, 0.6) is 0 Å². The van der Waals surface area contributed by atoms with Crippen LogP contribution in [0.3, 0.4) is 0 Å². The van der Waals surface area contributed by atoms with Crippen LogP contribution in [0.25, 0.3) is 16.9 Å². The monoisotopic (exact) mass is 360 g/mol. The van der Waals surface area contributed by atoms with Crippen molar-refractivity contribution in [3.63, 3.8) is 0 Å². The normalized spacial score (nSPS) is 11.4. The molecule has 1 heterocycles. The summed E-state index contributed by atoms with van der Waals surface area (Å²) < 4.78 is 24.6. The Balaban J connectivity index is 2.07. The second-order valence-electron chi connectivity index (χ2n) is 5.27. The number of halogens is 1. The number of hydrogen-bond acceptors (Lipinski definition) is 4. The number of carbonyl (C=O) groups is 1. The van der Waals surface area contributed by atoms with Crippen LogP contribution >= 0.6 is 11.6 Å². The van der Waals surface area contributed by atoms with Gasteiger partial charge in [-0.15, -0.1) is 0 Å². The summed E-state index contributed by atoms with van der Waals surface area (Å²) in [4.78, 5) is 11.6. The molecule has 0 fully saturated rings. The van der Waals surface area contributed by atoms with Crippen molar-refractivity contribution in [2.45, 2.75) is 4.90 Å². The highest BCUT2D eigenvalue weighted by atomic mass is 35.5. The average Bonchev–Trinajstić information content (AvgIpc) is 2.98. The van der Waals surface area contributed by atoms with Crippen molar-refractivity contribution < 1.29 is 13.2 Å². The first kappa shape index (κ1) is 16.4. The number of sulfone groups is 1. The molecule has 122 valence electrons. The Bertz CT molecular complexity index is 1010. The lowest BCUT2D eigenvalue weighted by Gasteiger charge is -2.02. The molecule has 0 amide bonds. The number of nitrogens with zero attached hydrogens (tertiary/aromatic N) is 2. The van der Waals surface area contributed by atoms with Gasteiger partial charge in [0.2, 0.25) is 0 Å². The van der Waals surface area contributed by atoms with Crippen LogP contribution in [0.2, 0.25) is 5.02 Å². The first-order chi connectivity index (χ1) is 11.4. The van der Waals surface area contributed by atoms with Gasteiger partial charge in [-0.2, -0.15) is 5.10 Å². The molecule has 0 aliphatic carbocycles. The second kappa shape index (κ2) is 6.22. The van der Waals surface area contributed by atoms with Gasteiger partial charge in [0.1, 0.15) is 5.69 Å². The third-order valence-corrected chi connectivity index (χ3v) is 4.86. The van der Waals surface area contributed by atoms with Crippen LogP contribution in [-0.2, 0) is 9.84 Å². The first-order valence-electron chi connectivity index (χ1n) is 7.00. The summed E-state index contributed by atoms with van der Waals surface area (Å²) in [5.74, 6) is 0. The van der Waals surface area contributed by atoms with Crippen LogP contribution in [0.1, 0.15) is 10.4 Å². The van der Waals surface area contributed by atoms with Gasteiger partial charge in [0.25, 0.3) is 0 Å². The summed E-state index contributed by atoms with van der Waals surface area (Å²) in [5, 5.41) is 5.00. The summed E-state index contributed by atoms with van der Waals surface area (Å²) in [6.45, 7) is 0. The summed E-state index contributed by atoms with van der Waals surface area (Å²) in [7, 11) is -3.27. The lowest BCUT2D eigenvalue weighted by atomic mass is 10.1. The minimum absolute atomic E-state index is 0.216. The maximum Gasteiger partial charge on any atom is 0.175 e. The summed E-state index contributed by atoms with van der Waals surface area (Å²) in [6, 6.07) is 13.4. The van der Waals surface area contributed by atoms with Crippen LogP contribution in [0.15, 0.2) is 59.6 Å². The maximum absolute atomic E-state index is 11.5. The topological polar surface area (TPSA) is 69.0 Å². The van der Waals surface area contributed by atoms with Crippen LogP contribution in [0.4, 0.5) is 0 Å². The predicted octanol–water partition coefficient (Wildman–Crippen LogP) is 3.41. The molecule has 3 rings (SSSR count). The Morgan fingerprint density at radius 2 is 1.83 bits per heavy atom. The fraction of sp³-hybridized carbons (Fsp3) is 0.0588. The van der Waals surface area contributed by atoms with E-state index in [2.05, 4.69) is 5.10 Å². The second-order valence-corrected chi connectivity index (χ2v) is 7.72. The van der Waals surface area contributed by atoms with Crippen LogP contribution in [0, 0.1) is 0 Å². The highest BCUT2D eigenvalue weighted by molar-refractivity contribution is 7.90. The number of aromatic nitrogens is 2. The Morgan fingerprint density at radius 3 is 2.42 bits per heavy atom. The Morgan fingerprint density at radius 1 is 1.12 bits per heavy atom. The smallest absolute Gasteiger partial charge is 0.175 e. The van der Waals surface area contributed by atoms with Gasteiger partial charge in [-0.05, 0) is 30.3 Å². The summed E-state index contributed by atoms with van der Waals surface area (Å²) >= 11 is 5.98. The van der Waals surface area contributed by atoms with Crippen molar-refractivity contribution in [3.8, 4) is 16.9 Å². The summed E-state index contributed by atoms with van der Waals surface area (Å²) in [5.41, 5.74) is 2.27. The molecule has 0 saturated heterocycles. The highest BCUT2D eigenvalue weighted by Crippen LogP contribution is 2.24. The maximum atomic E-state index is 11.5. The number of rotatable bonds is 4. The molecule has 0 unspecified atom stereocenters. The number of aldehydes is 1. The lowest BCUT2D eigenvalue weighted by Crippen LogP contribution is -1.97. The zero-order chi connectivity index (χ0) is 17.3. The average molecular weight is 361 g/mol. The van der Waals surface area contributed by atoms with E-state index >= 15 is 0 Å². The number of hydrogen-bond donors (Lipinski definition) is 0. The van der Waals surface area contributed by atoms with Crippen molar-refractivity contribution in [2.75, 3.05) is 6.26 Å². The van der Waals surface area contributed by atoms with Crippen molar-refractivity contribution in [3.05, 3.63) is 65.3 Å². The van der Waals surface area contributed by atoms with E-state index in [1.54, 1.807) is 41.2 Å². The van der Waals surface area contributed by atoms with Crippen molar-refractivity contribution in [2.24, 2.45) is 0 Å². The van der Waals surface area contributed by atoms with E-state index in [9.17, 15) is 13.2 Å². The molecule has 0 aliphatic heterocycles. The molecule has 0 bridgehead atoms. The van der Waals surface area contributed by atoms with E-state index < -0.39 is 9.84 Å². The highest BCUT2D eigenvalue weighted by Gasteiger charge is 2.13. The van der Waals surface area contributed by atoms with E-state index in [1.807, 2.05) is 6.07 Å². The summed E-state index contributed by atoms with van der Waals surface area (Å²) in [6.07, 6.45) is 3.47. The molecule has 0 aliphatic rings. The van der Waals surface area contributed by atoms with Crippen LogP contribution in [-0.4, -0.2) is 30.7 Å². The van der Waals surface area contributed by atoms with Gasteiger partial charge < -0.3 is 0 Å². The molecular formula is C17H13ClN2O3S. The van der Waals surface area contributed by atoms with Gasteiger partial charge >= 0.3 is 0 Å². The molecule has 2 aromatic carbocycles. The first-order valence-corrected chi connectivity index (χ1v) is 9.27. The fourth-order valence-corrected chi connectivity index (χ4v) is 3.12. The third-order valence-electron chi connectivity index (χ3n) is 3.50. The molecular weight excluding hydrogens is 348 g/mol. The van der Waals surface area contributed by atoms with Gasteiger partial charge in [-0.3, -0.25) is 4.79 Å². The number of benzene rings is 2. The van der Waals surface area contributed by atoms with Gasteiger partial charge in [0.05, 0.1) is 16.1 Å². The largest absolute Gasteiger partial charge is 0.298 e. The zero-order valence-corrected chi connectivity index (χ0v) is 14.3.